The summed E-state index contributed by atoms with van der Waals surface area (Å²) in [7, 11) is 1.78. The van der Waals surface area contributed by atoms with E-state index in [1.807, 2.05) is 18.7 Å². The van der Waals surface area contributed by atoms with E-state index in [2.05, 4.69) is 10.6 Å². The standard InChI is InChI=1S/C14H27N3O3/c1-14(2,15-3)13(20)17-8-5-11(6-9-17)12(19)16-7-4-10-18/h11,15,18H,4-10H2,1-3H3,(H,16,19). The monoisotopic (exact) mass is 285 g/mol. The van der Waals surface area contributed by atoms with E-state index in [9.17, 15) is 9.59 Å². The van der Waals surface area contributed by atoms with E-state index in [-0.39, 0.29) is 24.3 Å². The number of aliphatic hydroxyl groups excluding tert-OH is 1. The van der Waals surface area contributed by atoms with Crippen LogP contribution in [0.5, 0.6) is 0 Å². The summed E-state index contributed by atoms with van der Waals surface area (Å²) < 4.78 is 0. The number of carbonyl (C=O) groups is 2. The maximum Gasteiger partial charge on any atom is 0.242 e. The highest BCUT2D eigenvalue weighted by atomic mass is 16.3. The molecule has 1 saturated heterocycles. The summed E-state index contributed by atoms with van der Waals surface area (Å²) in [6.07, 6.45) is 1.99. The zero-order valence-electron chi connectivity index (χ0n) is 12.7. The molecule has 6 nitrogen and oxygen atoms in total. The van der Waals surface area contributed by atoms with Gasteiger partial charge in [0, 0.05) is 32.2 Å². The number of nitrogens with zero attached hydrogens (tertiary/aromatic N) is 1. The van der Waals surface area contributed by atoms with Gasteiger partial charge in [-0.1, -0.05) is 0 Å². The van der Waals surface area contributed by atoms with Crippen LogP contribution in [0.3, 0.4) is 0 Å². The molecule has 116 valence electrons. The van der Waals surface area contributed by atoms with E-state index >= 15 is 0 Å². The molecule has 0 atom stereocenters. The molecule has 0 aromatic heterocycles. The van der Waals surface area contributed by atoms with Crippen LogP contribution in [0, 0.1) is 5.92 Å². The molecule has 0 unspecified atom stereocenters. The van der Waals surface area contributed by atoms with E-state index in [0.717, 1.165) is 0 Å². The molecule has 2 amide bonds. The smallest absolute Gasteiger partial charge is 0.242 e. The molecule has 0 bridgehead atoms. The minimum absolute atomic E-state index is 0.0181. The Morgan fingerprint density at radius 1 is 1.30 bits per heavy atom. The van der Waals surface area contributed by atoms with Gasteiger partial charge in [-0.3, -0.25) is 9.59 Å². The van der Waals surface area contributed by atoms with Crippen molar-refractivity contribution >= 4 is 11.8 Å². The summed E-state index contributed by atoms with van der Waals surface area (Å²) in [5, 5.41) is 14.5. The Hall–Kier alpha value is -1.14. The van der Waals surface area contributed by atoms with Crippen LogP contribution in [-0.4, -0.2) is 60.6 Å². The van der Waals surface area contributed by atoms with Crippen molar-refractivity contribution in [1.82, 2.24) is 15.5 Å². The molecule has 1 rings (SSSR count). The van der Waals surface area contributed by atoms with Gasteiger partial charge in [-0.15, -0.1) is 0 Å². The summed E-state index contributed by atoms with van der Waals surface area (Å²) in [6.45, 7) is 5.59. The maximum absolute atomic E-state index is 12.3. The van der Waals surface area contributed by atoms with Crippen LogP contribution in [-0.2, 0) is 9.59 Å². The van der Waals surface area contributed by atoms with Crippen LogP contribution in [0.2, 0.25) is 0 Å². The molecule has 20 heavy (non-hydrogen) atoms. The van der Waals surface area contributed by atoms with Crippen LogP contribution in [0.15, 0.2) is 0 Å². The second kappa shape index (κ2) is 7.59. The van der Waals surface area contributed by atoms with E-state index in [4.69, 9.17) is 5.11 Å². The van der Waals surface area contributed by atoms with Crippen LogP contribution in [0.25, 0.3) is 0 Å². The van der Waals surface area contributed by atoms with Gasteiger partial charge >= 0.3 is 0 Å². The van der Waals surface area contributed by atoms with Gasteiger partial charge in [0.15, 0.2) is 0 Å². The molecule has 0 aliphatic carbocycles. The first-order valence-corrected chi connectivity index (χ1v) is 7.29. The number of nitrogens with one attached hydrogen (secondary N) is 2. The van der Waals surface area contributed by atoms with Crippen molar-refractivity contribution in [3.05, 3.63) is 0 Å². The van der Waals surface area contributed by atoms with Crippen molar-refractivity contribution in [3.8, 4) is 0 Å². The molecule has 0 saturated carbocycles. The SMILES string of the molecule is CNC(C)(C)C(=O)N1CCC(C(=O)NCCCO)CC1. The summed E-state index contributed by atoms with van der Waals surface area (Å²) in [5.74, 6) is 0.105. The molecule has 3 N–H and O–H groups in total. The minimum atomic E-state index is -0.559. The lowest BCUT2D eigenvalue weighted by Gasteiger charge is -2.36. The van der Waals surface area contributed by atoms with Gasteiger partial charge in [0.1, 0.15) is 0 Å². The highest BCUT2D eigenvalue weighted by Crippen LogP contribution is 2.20. The van der Waals surface area contributed by atoms with Gasteiger partial charge in [-0.05, 0) is 40.2 Å². The second-order valence-corrected chi connectivity index (χ2v) is 5.81. The summed E-state index contributed by atoms with van der Waals surface area (Å²) in [6, 6.07) is 0. The lowest BCUT2D eigenvalue weighted by Crippen LogP contribution is -2.55. The highest BCUT2D eigenvalue weighted by molar-refractivity contribution is 5.86. The predicted molar refractivity (Wildman–Crippen MR) is 77.2 cm³/mol. The van der Waals surface area contributed by atoms with Gasteiger partial charge < -0.3 is 20.6 Å². The number of aliphatic hydroxyl groups is 1. The van der Waals surface area contributed by atoms with Gasteiger partial charge in [0.25, 0.3) is 0 Å². The molecule has 1 aliphatic heterocycles. The average Bonchev–Trinajstić information content (AvgIpc) is 2.46. The molecule has 0 aromatic carbocycles. The fraction of sp³-hybridized carbons (Fsp3) is 0.857. The van der Waals surface area contributed by atoms with Crippen LogP contribution >= 0.6 is 0 Å². The molecule has 6 heteroatoms. The summed E-state index contributed by atoms with van der Waals surface area (Å²) in [5.41, 5.74) is -0.559. The van der Waals surface area contributed by atoms with Gasteiger partial charge in [0.05, 0.1) is 5.54 Å². The Balaban J connectivity index is 2.40. The Bertz CT molecular complexity index is 337. The van der Waals surface area contributed by atoms with Crippen molar-refractivity contribution < 1.29 is 14.7 Å². The van der Waals surface area contributed by atoms with E-state index in [1.165, 1.54) is 0 Å². The normalized spacial score (nSPS) is 17.1. The predicted octanol–water partition coefficient (Wildman–Crippen LogP) is -0.278. The zero-order chi connectivity index (χ0) is 15.2. The third kappa shape index (κ3) is 4.45. The van der Waals surface area contributed by atoms with Crippen molar-refractivity contribution in [2.24, 2.45) is 5.92 Å². The largest absolute Gasteiger partial charge is 0.396 e. The van der Waals surface area contributed by atoms with Crippen molar-refractivity contribution in [3.63, 3.8) is 0 Å². The lowest BCUT2D eigenvalue weighted by molar-refractivity contribution is -0.140. The van der Waals surface area contributed by atoms with Crippen molar-refractivity contribution in [1.29, 1.82) is 0 Å². The highest BCUT2D eigenvalue weighted by Gasteiger charge is 2.34. The van der Waals surface area contributed by atoms with E-state index in [0.29, 0.717) is 38.9 Å². The number of hydrogen-bond donors (Lipinski definition) is 3. The number of amides is 2. The van der Waals surface area contributed by atoms with Crippen molar-refractivity contribution in [2.75, 3.05) is 33.3 Å². The maximum atomic E-state index is 12.3. The number of piperidine rings is 1. The summed E-state index contributed by atoms with van der Waals surface area (Å²) >= 11 is 0. The Kier molecular flexibility index (Phi) is 6.42. The number of hydrogen-bond acceptors (Lipinski definition) is 4. The number of likely N-dealkylation sites (tertiary alicyclic amines) is 1. The number of rotatable bonds is 6. The van der Waals surface area contributed by atoms with Gasteiger partial charge in [-0.25, -0.2) is 0 Å². The van der Waals surface area contributed by atoms with Crippen LogP contribution in [0.4, 0.5) is 0 Å². The number of likely N-dealkylation sites (N-methyl/N-ethyl adjacent to an activating group) is 1. The Morgan fingerprint density at radius 2 is 1.90 bits per heavy atom. The molecule has 1 aliphatic rings. The van der Waals surface area contributed by atoms with Crippen LogP contribution < -0.4 is 10.6 Å². The topological polar surface area (TPSA) is 81.7 Å². The van der Waals surface area contributed by atoms with E-state index < -0.39 is 5.54 Å². The molecule has 1 fully saturated rings. The fourth-order valence-electron chi connectivity index (χ4n) is 2.28. The molecular formula is C14H27N3O3. The second-order valence-electron chi connectivity index (χ2n) is 5.81. The Morgan fingerprint density at radius 3 is 2.40 bits per heavy atom. The third-order valence-electron chi connectivity index (χ3n) is 3.95. The zero-order valence-corrected chi connectivity index (χ0v) is 12.7. The molecule has 0 spiro atoms. The van der Waals surface area contributed by atoms with E-state index in [1.54, 1.807) is 7.05 Å². The van der Waals surface area contributed by atoms with Gasteiger partial charge in [-0.2, -0.15) is 0 Å². The quantitative estimate of drug-likeness (QED) is 0.586. The minimum Gasteiger partial charge on any atom is -0.396 e. The Labute approximate surface area is 120 Å². The third-order valence-corrected chi connectivity index (χ3v) is 3.95. The average molecular weight is 285 g/mol. The molecular weight excluding hydrogens is 258 g/mol. The lowest BCUT2D eigenvalue weighted by atomic mass is 9.94. The molecule has 0 aromatic rings. The van der Waals surface area contributed by atoms with Crippen molar-refractivity contribution in [2.45, 2.75) is 38.6 Å². The first-order valence-electron chi connectivity index (χ1n) is 7.29. The van der Waals surface area contributed by atoms with Crippen LogP contribution in [0.1, 0.15) is 33.1 Å². The fourth-order valence-corrected chi connectivity index (χ4v) is 2.28. The summed E-state index contributed by atoms with van der Waals surface area (Å²) in [4.78, 5) is 26.0. The molecule has 0 radical (unpaired) electrons. The van der Waals surface area contributed by atoms with Gasteiger partial charge in [0.2, 0.25) is 11.8 Å². The number of carbonyl (C=O) groups excluding carboxylic acids is 2. The first-order chi connectivity index (χ1) is 9.42. The first kappa shape index (κ1) is 16.9. The molecule has 1 heterocycles.